The molecule has 2 aliphatic heterocycles. The number of rotatable bonds is 0. The van der Waals surface area contributed by atoms with Crippen molar-refractivity contribution in [1.29, 1.82) is 0 Å². The molecule has 0 amide bonds. The Hall–Kier alpha value is 0.690. The van der Waals surface area contributed by atoms with Crippen LogP contribution in [0.25, 0.3) is 0 Å². The van der Waals surface area contributed by atoms with Crippen molar-refractivity contribution in [3.05, 3.63) is 0 Å². The second kappa shape index (κ2) is 3.09. The van der Waals surface area contributed by atoms with Crippen molar-refractivity contribution in [2.24, 2.45) is 17.8 Å². The molecular weight excluding hydrogens is 273 g/mol. The van der Waals surface area contributed by atoms with E-state index >= 15 is 0 Å². The molecule has 0 aromatic heterocycles. The maximum Gasteiger partial charge on any atom is 0.0196 e. The van der Waals surface area contributed by atoms with Crippen LogP contribution in [0.3, 0.4) is 0 Å². The summed E-state index contributed by atoms with van der Waals surface area (Å²) in [6.45, 7) is 12.1. The minimum atomic E-state index is 0.382. The third kappa shape index (κ3) is 1.54. The molecule has 0 aromatic rings. The lowest BCUT2D eigenvalue weighted by Crippen LogP contribution is -2.64. The molecule has 3 rings (SSSR count). The van der Waals surface area contributed by atoms with Crippen LogP contribution < -0.4 is 0 Å². The Balaban J connectivity index is 2.04. The van der Waals surface area contributed by atoms with E-state index in [9.17, 15) is 0 Å². The number of halogens is 1. The summed E-state index contributed by atoms with van der Waals surface area (Å²) in [6, 6.07) is 0. The van der Waals surface area contributed by atoms with Crippen molar-refractivity contribution in [2.75, 3.05) is 13.1 Å². The normalized spacial score (nSPS) is 45.9. The molecule has 0 aromatic carbocycles. The molecule has 0 N–H and O–H groups in total. The lowest BCUT2D eigenvalue weighted by Gasteiger charge is -2.59. The fourth-order valence-corrected chi connectivity index (χ4v) is 4.50. The van der Waals surface area contributed by atoms with E-state index in [1.165, 1.54) is 13.1 Å². The predicted molar refractivity (Wildman–Crippen MR) is 65.3 cm³/mol. The summed E-state index contributed by atoms with van der Waals surface area (Å²) >= 11 is 2.66. The van der Waals surface area contributed by atoms with E-state index in [1.54, 1.807) is 0 Å². The Morgan fingerprint density at radius 3 is 1.92 bits per heavy atom. The van der Waals surface area contributed by atoms with E-state index in [2.05, 4.69) is 55.2 Å². The highest BCUT2D eigenvalue weighted by atomic mass is 127. The van der Waals surface area contributed by atoms with Gasteiger partial charge in [0.15, 0.2) is 0 Å². The van der Waals surface area contributed by atoms with E-state index in [-0.39, 0.29) is 0 Å². The Morgan fingerprint density at radius 1 is 1.15 bits per heavy atom. The Bertz CT molecular complexity index is 185. The molecule has 1 aliphatic carbocycles. The van der Waals surface area contributed by atoms with E-state index < -0.39 is 0 Å². The lowest BCUT2D eigenvalue weighted by atomic mass is 9.62. The molecule has 76 valence electrons. The predicted octanol–water partition coefficient (Wildman–Crippen LogP) is 2.79. The van der Waals surface area contributed by atoms with Crippen molar-refractivity contribution >= 4 is 22.6 Å². The Labute approximate surface area is 95.4 Å². The quantitative estimate of drug-likeness (QED) is 0.490. The standard InChI is InChI=1S/C11H20IN/c1-7-8-5-13(11(2,3)4)6-9(7)10(8)12/h7-10H,5-6H2,1-4H3. The van der Waals surface area contributed by atoms with Crippen molar-refractivity contribution in [3.8, 4) is 0 Å². The molecule has 0 radical (unpaired) electrons. The van der Waals surface area contributed by atoms with Crippen LogP contribution in [0.1, 0.15) is 27.7 Å². The zero-order chi connectivity index (χ0) is 9.80. The summed E-state index contributed by atoms with van der Waals surface area (Å²) in [7, 11) is 0. The van der Waals surface area contributed by atoms with Gasteiger partial charge in [0, 0.05) is 22.6 Å². The summed E-state index contributed by atoms with van der Waals surface area (Å²) in [5.74, 6) is 2.93. The first-order valence-electron chi connectivity index (χ1n) is 5.30. The van der Waals surface area contributed by atoms with Gasteiger partial charge in [0.25, 0.3) is 0 Å². The van der Waals surface area contributed by atoms with Gasteiger partial charge >= 0.3 is 0 Å². The number of hydrogen-bond acceptors (Lipinski definition) is 1. The highest BCUT2D eigenvalue weighted by Gasteiger charge is 2.52. The number of alkyl halides is 1. The first-order chi connectivity index (χ1) is 5.91. The SMILES string of the molecule is CC1C2CN(C(C)(C)C)CC1C2I. The van der Waals surface area contributed by atoms with Crippen LogP contribution >= 0.6 is 22.6 Å². The molecule has 1 nitrogen and oxygen atoms in total. The Morgan fingerprint density at radius 2 is 1.62 bits per heavy atom. The maximum atomic E-state index is 2.66. The third-order valence-electron chi connectivity index (χ3n) is 3.98. The van der Waals surface area contributed by atoms with Gasteiger partial charge in [-0.3, -0.25) is 4.90 Å². The minimum absolute atomic E-state index is 0.382. The van der Waals surface area contributed by atoms with Crippen LogP contribution in [0.4, 0.5) is 0 Å². The summed E-state index contributed by atoms with van der Waals surface area (Å²) < 4.78 is 0.964. The van der Waals surface area contributed by atoms with Crippen LogP contribution in [0.5, 0.6) is 0 Å². The van der Waals surface area contributed by atoms with Gasteiger partial charge in [-0.1, -0.05) is 29.5 Å². The van der Waals surface area contributed by atoms with Crippen LogP contribution in [0, 0.1) is 17.8 Å². The van der Waals surface area contributed by atoms with E-state index in [1.807, 2.05) is 0 Å². The van der Waals surface area contributed by atoms with Crippen molar-refractivity contribution < 1.29 is 0 Å². The molecule has 2 atom stereocenters. The molecule has 13 heavy (non-hydrogen) atoms. The summed E-state index contributed by atoms with van der Waals surface area (Å²) in [4.78, 5) is 2.66. The third-order valence-corrected chi connectivity index (χ3v) is 5.83. The fraction of sp³-hybridized carbons (Fsp3) is 1.00. The van der Waals surface area contributed by atoms with Crippen LogP contribution in [0.15, 0.2) is 0 Å². The van der Waals surface area contributed by atoms with Crippen LogP contribution in [-0.4, -0.2) is 27.5 Å². The number of nitrogens with zero attached hydrogens (tertiary/aromatic N) is 1. The molecule has 2 heteroatoms. The van der Waals surface area contributed by atoms with E-state index in [0.29, 0.717) is 5.54 Å². The highest BCUT2D eigenvalue weighted by molar-refractivity contribution is 14.1. The van der Waals surface area contributed by atoms with E-state index in [4.69, 9.17) is 0 Å². The molecule has 2 heterocycles. The molecule has 3 fully saturated rings. The van der Waals surface area contributed by atoms with Gasteiger partial charge in [-0.15, -0.1) is 0 Å². The summed E-state index contributed by atoms with van der Waals surface area (Å²) in [5.41, 5.74) is 0.382. The van der Waals surface area contributed by atoms with Crippen molar-refractivity contribution in [1.82, 2.24) is 4.90 Å². The second-order valence-electron chi connectivity index (χ2n) is 5.71. The fourth-order valence-electron chi connectivity index (χ4n) is 2.73. The maximum absolute atomic E-state index is 2.66. The molecule has 2 bridgehead atoms. The zero-order valence-corrected chi connectivity index (χ0v) is 11.2. The van der Waals surface area contributed by atoms with Gasteiger partial charge in [0.1, 0.15) is 0 Å². The van der Waals surface area contributed by atoms with Gasteiger partial charge in [0.05, 0.1) is 0 Å². The average Bonchev–Trinajstić information content (AvgIpc) is 2.04. The largest absolute Gasteiger partial charge is 0.298 e. The second-order valence-corrected chi connectivity index (χ2v) is 7.15. The van der Waals surface area contributed by atoms with Crippen LogP contribution in [-0.2, 0) is 0 Å². The summed E-state index contributed by atoms with van der Waals surface area (Å²) in [6.07, 6.45) is 0. The minimum Gasteiger partial charge on any atom is -0.298 e. The van der Waals surface area contributed by atoms with Gasteiger partial charge < -0.3 is 0 Å². The first-order valence-corrected chi connectivity index (χ1v) is 6.55. The van der Waals surface area contributed by atoms with Gasteiger partial charge in [-0.05, 0) is 38.5 Å². The average molecular weight is 293 g/mol. The molecular formula is C11H20IN. The number of piperidine rings is 2. The monoisotopic (exact) mass is 293 g/mol. The van der Waals surface area contributed by atoms with Gasteiger partial charge in [-0.2, -0.15) is 0 Å². The molecule has 1 saturated carbocycles. The lowest BCUT2D eigenvalue weighted by molar-refractivity contribution is -0.0562. The van der Waals surface area contributed by atoms with Crippen molar-refractivity contribution in [2.45, 2.75) is 37.2 Å². The Kier molecular flexibility index (Phi) is 2.43. The molecule has 0 spiro atoms. The first kappa shape index (κ1) is 10.2. The smallest absolute Gasteiger partial charge is 0.0196 e. The molecule has 2 unspecified atom stereocenters. The van der Waals surface area contributed by atoms with E-state index in [0.717, 1.165) is 21.7 Å². The van der Waals surface area contributed by atoms with Crippen molar-refractivity contribution in [3.63, 3.8) is 0 Å². The topological polar surface area (TPSA) is 3.24 Å². The summed E-state index contributed by atoms with van der Waals surface area (Å²) in [5, 5.41) is 0. The highest BCUT2D eigenvalue weighted by Crippen LogP contribution is 2.50. The zero-order valence-electron chi connectivity index (χ0n) is 9.05. The van der Waals surface area contributed by atoms with Gasteiger partial charge in [-0.25, -0.2) is 0 Å². The molecule has 2 saturated heterocycles. The molecule has 3 aliphatic rings. The van der Waals surface area contributed by atoms with Crippen LogP contribution in [0.2, 0.25) is 0 Å². The number of hydrogen-bond donors (Lipinski definition) is 0. The number of fused-ring (bicyclic) bond motifs is 2. The van der Waals surface area contributed by atoms with Gasteiger partial charge in [0.2, 0.25) is 0 Å².